The van der Waals surface area contributed by atoms with Gasteiger partial charge >= 0.3 is 5.97 Å². The number of nitrogens with zero attached hydrogens (tertiary/aromatic N) is 1. The van der Waals surface area contributed by atoms with Gasteiger partial charge in [-0.1, -0.05) is 29.8 Å². The van der Waals surface area contributed by atoms with E-state index < -0.39 is 16.0 Å². The Labute approximate surface area is 172 Å². The number of halogens is 1. The van der Waals surface area contributed by atoms with Gasteiger partial charge < -0.3 is 5.11 Å². The molecule has 0 saturated heterocycles. The summed E-state index contributed by atoms with van der Waals surface area (Å²) in [6.45, 7) is 0. The molecule has 0 saturated carbocycles. The molecule has 0 aliphatic rings. The zero-order chi connectivity index (χ0) is 17.3. The van der Waals surface area contributed by atoms with E-state index in [9.17, 15) is 13.2 Å². The fourth-order valence-electron chi connectivity index (χ4n) is 2.61. The molecule has 0 aliphatic heterocycles. The molecule has 2 aromatic carbocycles. The maximum absolute atomic E-state index is 13.0. The van der Waals surface area contributed by atoms with E-state index in [0.29, 0.717) is 21.6 Å². The fraction of sp³-hybridized carbons (Fsp3) is 0.118. The molecule has 0 unspecified atom stereocenters. The van der Waals surface area contributed by atoms with Crippen molar-refractivity contribution >= 4 is 68.1 Å². The Bertz CT molecular complexity index is 1020. The number of hydrogen-bond acceptors (Lipinski definition) is 3. The van der Waals surface area contributed by atoms with Crippen LogP contribution in [0.1, 0.15) is 12.1 Å². The van der Waals surface area contributed by atoms with Gasteiger partial charge in [0.2, 0.25) is 0 Å². The van der Waals surface area contributed by atoms with Gasteiger partial charge in [0, 0.05) is 45.7 Å². The van der Waals surface area contributed by atoms with E-state index in [1.165, 1.54) is 16.1 Å². The minimum absolute atomic E-state index is 0. The molecule has 3 rings (SSSR count). The van der Waals surface area contributed by atoms with E-state index in [-0.39, 0.29) is 47.3 Å². The number of carbonyl (C=O) groups is 1. The summed E-state index contributed by atoms with van der Waals surface area (Å²) in [4.78, 5) is 11.0. The molecule has 0 fully saturated rings. The van der Waals surface area contributed by atoms with Crippen LogP contribution in [0.5, 0.6) is 0 Å². The number of aromatic nitrogens is 1. The number of hydrogen-bond donors (Lipinski definition) is 1. The van der Waals surface area contributed by atoms with Crippen molar-refractivity contribution in [3.8, 4) is 0 Å². The fourth-order valence-corrected chi connectivity index (χ4v) is 4.38. The maximum atomic E-state index is 13.0. The molecular weight excluding hydrogens is 373 g/mol. The summed E-state index contributed by atoms with van der Waals surface area (Å²) in [7, 11) is -3.83. The van der Waals surface area contributed by atoms with Gasteiger partial charge in [0.25, 0.3) is 10.0 Å². The zero-order valence-corrected chi connectivity index (χ0v) is 17.1. The number of fused-ring (bicyclic) bond motifs is 1. The summed E-state index contributed by atoms with van der Waals surface area (Å²) in [6, 6.07) is 14.6. The van der Waals surface area contributed by atoms with Crippen molar-refractivity contribution in [3.05, 3.63) is 65.3 Å². The van der Waals surface area contributed by atoms with Crippen molar-refractivity contribution in [3.63, 3.8) is 0 Å². The minimum Gasteiger partial charge on any atom is -0.481 e. The van der Waals surface area contributed by atoms with Gasteiger partial charge in [-0.15, -0.1) is 0 Å². The number of aryl methyl sites for hydroxylation is 1. The average molecular weight is 387 g/mol. The largest absolute Gasteiger partial charge is 0.481 e. The number of aliphatic carboxylic acids is 1. The van der Waals surface area contributed by atoms with Crippen LogP contribution in [-0.4, -0.2) is 53.0 Å². The predicted octanol–water partition coefficient (Wildman–Crippen LogP) is 3.17. The summed E-state index contributed by atoms with van der Waals surface area (Å²) in [5.74, 6) is -0.984. The smallest absolute Gasteiger partial charge is 0.303 e. The summed E-state index contributed by atoms with van der Waals surface area (Å²) >= 11 is 5.99. The number of carboxylic acid groups (broad SMARTS) is 1. The van der Waals surface area contributed by atoms with Crippen molar-refractivity contribution in [1.82, 2.24) is 3.97 Å². The quantitative estimate of drug-likeness (QED) is 0.683. The van der Waals surface area contributed by atoms with Crippen LogP contribution in [0.3, 0.4) is 0 Å². The van der Waals surface area contributed by atoms with Crippen LogP contribution in [-0.2, 0) is 21.2 Å². The average Bonchev–Trinajstić information content (AvgIpc) is 2.91. The van der Waals surface area contributed by atoms with Crippen LogP contribution in [0.15, 0.2) is 59.5 Å². The summed E-state index contributed by atoms with van der Waals surface area (Å²) in [5.41, 5.74) is 0.891. The van der Waals surface area contributed by atoms with Crippen LogP contribution in [0.2, 0.25) is 5.02 Å². The first-order chi connectivity index (χ1) is 11.4. The van der Waals surface area contributed by atoms with Crippen LogP contribution in [0, 0.1) is 0 Å². The molecule has 125 valence electrons. The molecule has 0 spiro atoms. The van der Waals surface area contributed by atoms with E-state index in [0.717, 1.165) is 0 Å². The van der Waals surface area contributed by atoms with Crippen LogP contribution in [0.4, 0.5) is 0 Å². The van der Waals surface area contributed by atoms with Crippen molar-refractivity contribution in [2.45, 2.75) is 17.7 Å². The van der Waals surface area contributed by atoms with E-state index >= 15 is 0 Å². The third kappa shape index (κ3) is 4.10. The molecule has 0 aliphatic carbocycles. The Hall–Kier alpha value is -1.31. The van der Waals surface area contributed by atoms with Crippen molar-refractivity contribution in [2.24, 2.45) is 0 Å². The summed E-state index contributed by atoms with van der Waals surface area (Å²) < 4.78 is 27.3. The molecule has 1 radical (unpaired) electrons. The van der Waals surface area contributed by atoms with Gasteiger partial charge in [-0.25, -0.2) is 12.4 Å². The third-order valence-electron chi connectivity index (χ3n) is 3.67. The summed E-state index contributed by atoms with van der Waals surface area (Å²) in [5, 5.41) is 10.1. The molecule has 5 nitrogen and oxygen atoms in total. The van der Waals surface area contributed by atoms with Gasteiger partial charge in [0.05, 0.1) is 16.8 Å². The number of rotatable bonds is 5. The van der Waals surface area contributed by atoms with Gasteiger partial charge in [-0.05, 0) is 42.8 Å². The van der Waals surface area contributed by atoms with Crippen LogP contribution in [0.25, 0.3) is 10.9 Å². The zero-order valence-electron chi connectivity index (χ0n) is 13.5. The van der Waals surface area contributed by atoms with Crippen molar-refractivity contribution < 1.29 is 18.3 Å². The topological polar surface area (TPSA) is 76.4 Å². The third-order valence-corrected chi connectivity index (χ3v) is 5.68. The standard InChI is InChI=1S/C17H14ClNO4S.Na/c18-13-6-8-16-12(10-13)11-14(7-9-17(20)21)19(16)24(22,23)15-4-2-1-3-5-15;/h1-6,8,10-11H,7,9H2,(H,20,21);. The summed E-state index contributed by atoms with van der Waals surface area (Å²) in [6.07, 6.45) is -0.0535. The predicted molar refractivity (Wildman–Crippen MR) is 97.7 cm³/mol. The second-order valence-corrected chi connectivity index (χ2v) is 7.54. The molecule has 3 aromatic rings. The van der Waals surface area contributed by atoms with Gasteiger partial charge in [-0.3, -0.25) is 4.79 Å². The molecule has 0 bridgehead atoms. The first-order valence-electron chi connectivity index (χ1n) is 7.22. The second kappa shape index (κ2) is 7.93. The second-order valence-electron chi connectivity index (χ2n) is 5.32. The molecular formula is C17H14ClNNaO4S. The molecule has 25 heavy (non-hydrogen) atoms. The Morgan fingerprint density at radius 1 is 1.08 bits per heavy atom. The number of benzene rings is 2. The molecule has 1 heterocycles. The molecule has 1 N–H and O–H groups in total. The Morgan fingerprint density at radius 2 is 1.76 bits per heavy atom. The molecule has 0 amide bonds. The van der Waals surface area contributed by atoms with Crippen molar-refractivity contribution in [1.29, 1.82) is 0 Å². The maximum Gasteiger partial charge on any atom is 0.303 e. The number of carboxylic acids is 1. The SMILES string of the molecule is O=C(O)CCc1cc2cc(Cl)ccc2n1S(=O)(=O)c1ccccc1.[Na]. The molecule has 0 atom stereocenters. The Balaban J connectivity index is 0.00000225. The minimum atomic E-state index is -3.83. The molecule has 8 heteroatoms. The van der Waals surface area contributed by atoms with Gasteiger partial charge in [-0.2, -0.15) is 0 Å². The van der Waals surface area contributed by atoms with E-state index in [1.807, 2.05) is 0 Å². The van der Waals surface area contributed by atoms with Crippen molar-refractivity contribution in [2.75, 3.05) is 0 Å². The first-order valence-corrected chi connectivity index (χ1v) is 9.04. The normalized spacial score (nSPS) is 11.2. The van der Waals surface area contributed by atoms with Crippen LogP contribution < -0.4 is 0 Å². The first kappa shape index (κ1) is 20.0. The Morgan fingerprint density at radius 3 is 2.40 bits per heavy atom. The molecule has 1 aromatic heterocycles. The van der Waals surface area contributed by atoms with E-state index in [4.69, 9.17) is 16.7 Å². The van der Waals surface area contributed by atoms with E-state index in [2.05, 4.69) is 0 Å². The van der Waals surface area contributed by atoms with Gasteiger partial charge in [0.1, 0.15) is 0 Å². The Kier molecular flexibility index (Phi) is 6.35. The van der Waals surface area contributed by atoms with Gasteiger partial charge in [0.15, 0.2) is 0 Å². The van der Waals surface area contributed by atoms with E-state index in [1.54, 1.807) is 42.5 Å². The monoisotopic (exact) mass is 386 g/mol. The van der Waals surface area contributed by atoms with Crippen LogP contribution >= 0.6 is 11.6 Å².